The molecule has 0 fully saturated rings. The Labute approximate surface area is 103 Å². The first kappa shape index (κ1) is 11.2. The van der Waals surface area contributed by atoms with Gasteiger partial charge < -0.3 is 0 Å². The topological polar surface area (TPSA) is 17.8 Å². The first-order valence-electron chi connectivity index (χ1n) is 4.71. The van der Waals surface area contributed by atoms with E-state index in [0.717, 1.165) is 16.1 Å². The summed E-state index contributed by atoms with van der Waals surface area (Å²) in [7, 11) is 0. The molecule has 82 valence electrons. The second kappa shape index (κ2) is 4.32. The van der Waals surface area contributed by atoms with Crippen LogP contribution in [0.4, 0.5) is 0 Å². The van der Waals surface area contributed by atoms with Crippen LogP contribution in [0, 0.1) is 0 Å². The van der Waals surface area contributed by atoms with Gasteiger partial charge in [0, 0.05) is 15.3 Å². The minimum Gasteiger partial charge on any atom is -0.261 e. The van der Waals surface area contributed by atoms with Crippen LogP contribution >= 0.6 is 23.2 Å². The number of benzene rings is 1. The number of rotatable bonds is 2. The highest BCUT2D eigenvalue weighted by Gasteiger charge is 2.03. The van der Waals surface area contributed by atoms with Crippen LogP contribution in [0.5, 0.6) is 0 Å². The molecule has 0 aliphatic heterocycles. The molecule has 0 atom stereocenters. The SMILES string of the molecule is C=c1cnn(Cc2ccc(Cl)cc2Cl)c1=C. The molecule has 4 heteroatoms. The van der Waals surface area contributed by atoms with Gasteiger partial charge in [-0.1, -0.05) is 42.4 Å². The average molecular weight is 253 g/mol. The molecule has 1 heterocycles. The summed E-state index contributed by atoms with van der Waals surface area (Å²) >= 11 is 11.9. The molecule has 0 N–H and O–H groups in total. The molecular formula is C12H10Cl2N2. The number of aromatic nitrogens is 2. The maximum atomic E-state index is 6.08. The van der Waals surface area contributed by atoms with E-state index in [1.807, 2.05) is 6.07 Å². The molecule has 0 unspecified atom stereocenters. The normalized spacial score (nSPS) is 10.6. The molecule has 0 radical (unpaired) electrons. The van der Waals surface area contributed by atoms with Gasteiger partial charge in [-0.15, -0.1) is 0 Å². The summed E-state index contributed by atoms with van der Waals surface area (Å²) in [6.07, 6.45) is 1.69. The van der Waals surface area contributed by atoms with Gasteiger partial charge in [-0.05, 0) is 17.7 Å². The Balaban J connectivity index is 2.38. The Bertz CT molecular complexity index is 616. The summed E-state index contributed by atoms with van der Waals surface area (Å²) < 4.78 is 1.76. The third-order valence-corrected chi connectivity index (χ3v) is 2.96. The van der Waals surface area contributed by atoms with Gasteiger partial charge in [0.1, 0.15) is 0 Å². The van der Waals surface area contributed by atoms with Crippen molar-refractivity contribution < 1.29 is 0 Å². The number of hydrogen-bond donors (Lipinski definition) is 0. The predicted octanol–water partition coefficient (Wildman–Crippen LogP) is 2.06. The number of halogens is 2. The summed E-state index contributed by atoms with van der Waals surface area (Å²) in [6, 6.07) is 5.41. The molecule has 0 aliphatic carbocycles. The van der Waals surface area contributed by atoms with E-state index in [1.165, 1.54) is 0 Å². The van der Waals surface area contributed by atoms with Crippen molar-refractivity contribution in [3.63, 3.8) is 0 Å². The zero-order chi connectivity index (χ0) is 11.7. The molecular weight excluding hydrogens is 243 g/mol. The standard InChI is InChI=1S/C12H10Cl2N2/c1-8-6-15-16(9(8)2)7-10-3-4-11(13)5-12(10)14/h3-6H,1-2,7H2. The molecule has 0 saturated heterocycles. The van der Waals surface area contributed by atoms with Crippen LogP contribution in [0.2, 0.25) is 10.0 Å². The molecule has 2 aromatic rings. The van der Waals surface area contributed by atoms with Crippen molar-refractivity contribution in [1.82, 2.24) is 9.78 Å². The van der Waals surface area contributed by atoms with Gasteiger partial charge in [-0.25, -0.2) is 0 Å². The van der Waals surface area contributed by atoms with Crippen molar-refractivity contribution in [2.24, 2.45) is 0 Å². The summed E-state index contributed by atoms with van der Waals surface area (Å²) in [5.41, 5.74) is 0.957. The van der Waals surface area contributed by atoms with Crippen molar-refractivity contribution in [3.05, 3.63) is 50.6 Å². The lowest BCUT2D eigenvalue weighted by atomic mass is 10.2. The van der Waals surface area contributed by atoms with E-state index >= 15 is 0 Å². The summed E-state index contributed by atoms with van der Waals surface area (Å²) in [6.45, 7) is 8.29. The van der Waals surface area contributed by atoms with Crippen LogP contribution in [0.1, 0.15) is 5.56 Å². The van der Waals surface area contributed by atoms with Crippen LogP contribution in [0.3, 0.4) is 0 Å². The minimum absolute atomic E-state index is 0.574. The van der Waals surface area contributed by atoms with Gasteiger partial charge in [0.2, 0.25) is 0 Å². The third-order valence-electron chi connectivity index (χ3n) is 2.37. The van der Waals surface area contributed by atoms with Crippen molar-refractivity contribution >= 4 is 36.4 Å². The van der Waals surface area contributed by atoms with E-state index in [1.54, 1.807) is 23.0 Å². The lowest BCUT2D eigenvalue weighted by molar-refractivity contribution is 0.667. The second-order valence-corrected chi connectivity index (χ2v) is 4.35. The Morgan fingerprint density at radius 2 is 2.00 bits per heavy atom. The maximum absolute atomic E-state index is 6.08. The van der Waals surface area contributed by atoms with Crippen molar-refractivity contribution in [2.45, 2.75) is 6.54 Å². The van der Waals surface area contributed by atoms with E-state index in [9.17, 15) is 0 Å². The first-order valence-corrected chi connectivity index (χ1v) is 5.47. The highest BCUT2D eigenvalue weighted by atomic mass is 35.5. The zero-order valence-corrected chi connectivity index (χ0v) is 10.1. The molecule has 0 aliphatic rings. The fourth-order valence-electron chi connectivity index (χ4n) is 1.40. The predicted molar refractivity (Wildman–Crippen MR) is 68.1 cm³/mol. The lowest BCUT2D eigenvalue weighted by Crippen LogP contribution is -2.27. The minimum atomic E-state index is 0.574. The van der Waals surface area contributed by atoms with Crippen LogP contribution < -0.4 is 10.6 Å². The fourth-order valence-corrected chi connectivity index (χ4v) is 1.87. The van der Waals surface area contributed by atoms with Crippen molar-refractivity contribution in [3.8, 4) is 0 Å². The van der Waals surface area contributed by atoms with Crippen LogP contribution in [-0.4, -0.2) is 9.78 Å². The summed E-state index contributed by atoms with van der Waals surface area (Å²) in [4.78, 5) is 0. The first-order chi connectivity index (χ1) is 7.58. The molecule has 1 aromatic heterocycles. The third kappa shape index (κ3) is 2.13. The van der Waals surface area contributed by atoms with Crippen molar-refractivity contribution in [2.75, 3.05) is 0 Å². The fraction of sp³-hybridized carbons (Fsp3) is 0.0833. The quantitative estimate of drug-likeness (QED) is 0.801. The van der Waals surface area contributed by atoms with Crippen LogP contribution in [0.15, 0.2) is 24.4 Å². The lowest BCUT2D eigenvalue weighted by Gasteiger charge is -2.05. The van der Waals surface area contributed by atoms with E-state index in [-0.39, 0.29) is 0 Å². The van der Waals surface area contributed by atoms with E-state index < -0.39 is 0 Å². The molecule has 2 nitrogen and oxygen atoms in total. The van der Waals surface area contributed by atoms with E-state index in [2.05, 4.69) is 18.3 Å². The smallest absolute Gasteiger partial charge is 0.0680 e. The summed E-state index contributed by atoms with van der Waals surface area (Å²) in [5, 5.41) is 7.05. The van der Waals surface area contributed by atoms with Gasteiger partial charge in [-0.2, -0.15) is 5.10 Å². The number of nitrogens with zero attached hydrogens (tertiary/aromatic N) is 2. The Morgan fingerprint density at radius 3 is 2.56 bits per heavy atom. The van der Waals surface area contributed by atoms with E-state index in [0.29, 0.717) is 16.6 Å². The molecule has 2 rings (SSSR count). The van der Waals surface area contributed by atoms with Gasteiger partial charge in [-0.3, -0.25) is 4.68 Å². The Morgan fingerprint density at radius 1 is 1.25 bits per heavy atom. The highest BCUT2D eigenvalue weighted by Crippen LogP contribution is 2.21. The number of hydrogen-bond acceptors (Lipinski definition) is 1. The average Bonchev–Trinajstić information content (AvgIpc) is 2.54. The maximum Gasteiger partial charge on any atom is 0.0680 e. The Kier molecular flexibility index (Phi) is 3.03. The largest absolute Gasteiger partial charge is 0.261 e. The van der Waals surface area contributed by atoms with Crippen LogP contribution in [0.25, 0.3) is 13.2 Å². The molecule has 16 heavy (non-hydrogen) atoms. The van der Waals surface area contributed by atoms with Gasteiger partial charge in [0.15, 0.2) is 0 Å². The second-order valence-electron chi connectivity index (χ2n) is 3.51. The highest BCUT2D eigenvalue weighted by molar-refractivity contribution is 6.35. The molecule has 1 aromatic carbocycles. The molecule has 0 amide bonds. The monoisotopic (exact) mass is 252 g/mol. The summed E-state index contributed by atoms with van der Waals surface area (Å²) in [5.74, 6) is 0. The Hall–Kier alpha value is -1.25. The van der Waals surface area contributed by atoms with Gasteiger partial charge in [0.25, 0.3) is 0 Å². The van der Waals surface area contributed by atoms with Gasteiger partial charge >= 0.3 is 0 Å². The van der Waals surface area contributed by atoms with Crippen LogP contribution in [-0.2, 0) is 6.54 Å². The molecule has 0 saturated carbocycles. The molecule has 0 bridgehead atoms. The molecule has 0 spiro atoms. The van der Waals surface area contributed by atoms with Crippen molar-refractivity contribution in [1.29, 1.82) is 0 Å². The van der Waals surface area contributed by atoms with Gasteiger partial charge in [0.05, 0.1) is 18.1 Å². The van der Waals surface area contributed by atoms with E-state index in [4.69, 9.17) is 23.2 Å². The zero-order valence-electron chi connectivity index (χ0n) is 8.58.